The van der Waals surface area contributed by atoms with Gasteiger partial charge in [0.15, 0.2) is 3.92 Å². The number of Topliss-reactive ketones (excluding diaryl/α,β-unsaturated/α-hetero) is 1. The van der Waals surface area contributed by atoms with Crippen LogP contribution in [-0.4, -0.2) is 116 Å². The fraction of sp³-hybridized carbons (Fsp3) is 0.447. The lowest BCUT2D eigenvalue weighted by Gasteiger charge is -2.20. The molecule has 0 spiro atoms. The summed E-state index contributed by atoms with van der Waals surface area (Å²) in [6.07, 6.45) is 5.12. The topological polar surface area (TPSA) is 200 Å². The number of anilines is 5. The predicted molar refractivity (Wildman–Crippen MR) is 280 cm³/mol. The molecule has 3 saturated heterocycles. The minimum atomic E-state index is -2.49. The van der Waals surface area contributed by atoms with Crippen LogP contribution in [0.1, 0.15) is 41.8 Å². The normalized spacial score (nSPS) is 23.1. The number of fused-ring (bicyclic) bond motifs is 3. The molecule has 12 rings (SSSR count). The van der Waals surface area contributed by atoms with Gasteiger partial charge in [-0.15, -0.1) is 34.0 Å². The molecule has 0 bridgehead atoms. The van der Waals surface area contributed by atoms with E-state index in [9.17, 15) is 35.9 Å². The Labute approximate surface area is 439 Å². The first-order valence-corrected chi connectivity index (χ1v) is 25.3. The highest BCUT2D eigenvalue weighted by Gasteiger charge is 2.73. The number of alkyl halides is 6. The van der Waals surface area contributed by atoms with Gasteiger partial charge in [0.05, 0.1) is 41.2 Å². The van der Waals surface area contributed by atoms with Gasteiger partial charge in [-0.3, -0.25) is 9.59 Å². The number of amides is 1. The molecule has 6 aliphatic rings. The molecule has 3 aliphatic carbocycles. The number of nitrogens with two attached hydrogens (primary N) is 1. The van der Waals surface area contributed by atoms with E-state index in [2.05, 4.69) is 51.2 Å². The van der Waals surface area contributed by atoms with Crippen LogP contribution in [0.4, 0.5) is 55.4 Å². The fourth-order valence-electron chi connectivity index (χ4n) is 8.91. The second-order valence-corrected chi connectivity index (χ2v) is 21.6. The van der Waals surface area contributed by atoms with Crippen molar-refractivity contribution in [3.8, 4) is 21.1 Å². The van der Waals surface area contributed by atoms with E-state index >= 15 is 0 Å². The number of carbonyl (C=O) groups is 2. The van der Waals surface area contributed by atoms with Crippen LogP contribution >= 0.6 is 49.9 Å². The van der Waals surface area contributed by atoms with Gasteiger partial charge in [0, 0.05) is 104 Å². The van der Waals surface area contributed by atoms with Crippen molar-refractivity contribution in [3.05, 3.63) is 80.7 Å². The minimum absolute atomic E-state index is 0. The minimum Gasteiger partial charge on any atom is -0.423 e. The highest BCUT2D eigenvalue weighted by molar-refractivity contribution is 9.11. The number of hydrogen-bond acceptors (Lipinski definition) is 17. The molecule has 0 aromatic carbocycles. The molecular weight excluding hydrogens is 1080 g/mol. The van der Waals surface area contributed by atoms with Crippen molar-refractivity contribution in [1.29, 1.82) is 0 Å². The largest absolute Gasteiger partial charge is 0.490 e. The zero-order valence-electron chi connectivity index (χ0n) is 37.1. The summed E-state index contributed by atoms with van der Waals surface area (Å²) in [4.78, 5) is 52.6. The number of aromatic nitrogens is 6. The molecule has 15 nitrogen and oxygen atoms in total. The predicted octanol–water partition coefficient (Wildman–Crippen LogP) is 8.76. The van der Waals surface area contributed by atoms with E-state index < -0.39 is 60.4 Å². The van der Waals surface area contributed by atoms with Gasteiger partial charge in [-0.05, 0) is 53.2 Å². The molecule has 1 amide bonds. The van der Waals surface area contributed by atoms with Crippen molar-refractivity contribution in [2.75, 3.05) is 65.0 Å². The van der Waals surface area contributed by atoms with E-state index in [1.54, 1.807) is 41.0 Å². The van der Waals surface area contributed by atoms with Crippen LogP contribution in [0.15, 0.2) is 75.0 Å². The Morgan fingerprint density at radius 1 is 0.658 bits per heavy atom. The number of hydrogen-bond donors (Lipinski definition) is 4. The number of piperidine rings is 3. The van der Waals surface area contributed by atoms with Crippen LogP contribution < -0.4 is 31.2 Å². The first kappa shape index (κ1) is 57.0. The Morgan fingerprint density at radius 2 is 1.08 bits per heavy atom. The zero-order chi connectivity index (χ0) is 49.9. The number of nitrogen functional groups attached to an aromatic ring is 1. The third-order valence-corrected chi connectivity index (χ3v) is 16.1. The summed E-state index contributed by atoms with van der Waals surface area (Å²) in [7, 11) is -1.55. The molecule has 6 aromatic heterocycles. The standard InChI is InChI=1S/C16H15F2N3OS.C13H12F2N4S.C10H11BF2N2O2.C5H5BrN2OS.3CH4/c1-9(22)4-11-8-23-15(20-11)10-2-3-14(19-5-10)21-6-12-13(7-21)16(12,17)18;14-13(15)8-4-19(5-9(8)13)11-2-1-7(3-17-11)12-18-10(16)6-20-12;12-10(13)7-4-15(5-8(7)10)9-2-1-6(3-14-9)11(16)17;1-3(9)7-4-2-10-5(6)8-4;;;/h2-3,5,8,12-13H,4,6-7H2,1H3;1-3,6,8-9H,4-5,16H2;1-3,7-8,16-17H,4-5H2;2H,1H3,(H,7,9);3*1H4. The van der Waals surface area contributed by atoms with Gasteiger partial charge in [0.1, 0.15) is 44.9 Å². The Balaban J connectivity index is 0.000000162. The summed E-state index contributed by atoms with van der Waals surface area (Å²) in [5, 5.41) is 27.4. The lowest BCUT2D eigenvalue weighted by molar-refractivity contribution is -0.116. The van der Waals surface area contributed by atoms with Crippen molar-refractivity contribution >= 4 is 103 Å². The van der Waals surface area contributed by atoms with Crippen LogP contribution in [0.3, 0.4) is 0 Å². The van der Waals surface area contributed by atoms with Gasteiger partial charge in [-0.25, -0.2) is 56.2 Å². The second-order valence-electron chi connectivity index (χ2n) is 17.8. The molecule has 6 atom stereocenters. The third kappa shape index (κ3) is 12.5. The van der Waals surface area contributed by atoms with E-state index in [-0.39, 0.29) is 34.0 Å². The second kappa shape index (κ2) is 22.3. The lowest BCUT2D eigenvalue weighted by Crippen LogP contribution is -2.32. The summed E-state index contributed by atoms with van der Waals surface area (Å²) in [6.45, 7) is 5.20. The summed E-state index contributed by atoms with van der Waals surface area (Å²) in [5.41, 5.74) is 8.42. The van der Waals surface area contributed by atoms with Crippen LogP contribution in [0.25, 0.3) is 21.1 Å². The average molecular weight is 1140 g/mol. The monoisotopic (exact) mass is 1140 g/mol. The number of nitrogens with one attached hydrogen (secondary N) is 1. The highest BCUT2D eigenvalue weighted by Crippen LogP contribution is 2.61. The molecule has 26 heteroatoms. The molecular formula is C47H55BBrF6N11O4S3. The number of carbonyl (C=O) groups excluding carboxylic acids is 2. The van der Waals surface area contributed by atoms with Gasteiger partial charge < -0.3 is 35.8 Å². The summed E-state index contributed by atoms with van der Waals surface area (Å²) < 4.78 is 79.5. The summed E-state index contributed by atoms with van der Waals surface area (Å²) in [5.74, 6) is -7.27. The molecule has 6 unspecified atom stereocenters. The molecule has 9 heterocycles. The molecule has 392 valence electrons. The van der Waals surface area contributed by atoms with Crippen molar-refractivity contribution in [1.82, 2.24) is 29.9 Å². The average Bonchev–Trinajstić information content (AvgIpc) is 3.97. The van der Waals surface area contributed by atoms with Crippen LogP contribution in [0.2, 0.25) is 0 Å². The Bertz CT molecular complexity index is 2810. The molecule has 6 fully saturated rings. The molecule has 73 heavy (non-hydrogen) atoms. The molecule has 3 saturated carbocycles. The number of pyridine rings is 3. The van der Waals surface area contributed by atoms with Crippen LogP contribution in [0.5, 0.6) is 0 Å². The van der Waals surface area contributed by atoms with Gasteiger partial charge in [-0.2, -0.15) is 0 Å². The van der Waals surface area contributed by atoms with Crippen molar-refractivity contribution in [3.63, 3.8) is 0 Å². The van der Waals surface area contributed by atoms with Gasteiger partial charge in [0.2, 0.25) is 5.91 Å². The first-order chi connectivity index (χ1) is 33.2. The summed E-state index contributed by atoms with van der Waals surface area (Å²) >= 11 is 7.55. The fourth-order valence-corrected chi connectivity index (χ4v) is 11.4. The van der Waals surface area contributed by atoms with Crippen molar-refractivity contribution in [2.24, 2.45) is 35.5 Å². The lowest BCUT2D eigenvalue weighted by atomic mass is 9.82. The maximum atomic E-state index is 13.2. The molecule has 3 aliphatic heterocycles. The maximum Gasteiger partial charge on any atom is 0.490 e. The van der Waals surface area contributed by atoms with Crippen LogP contribution in [-0.2, 0) is 16.0 Å². The van der Waals surface area contributed by atoms with E-state index in [0.717, 1.165) is 42.4 Å². The molecule has 6 aromatic rings. The Kier molecular flexibility index (Phi) is 17.4. The van der Waals surface area contributed by atoms with Crippen molar-refractivity contribution in [2.45, 2.75) is 60.3 Å². The number of ketones is 1. The number of halogens is 7. The Morgan fingerprint density at radius 3 is 1.41 bits per heavy atom. The number of thiazole rings is 3. The maximum absolute atomic E-state index is 13.2. The summed E-state index contributed by atoms with van der Waals surface area (Å²) in [6, 6.07) is 10.7. The molecule has 0 radical (unpaired) electrons. The van der Waals surface area contributed by atoms with E-state index in [4.69, 9.17) is 15.8 Å². The Hall–Kier alpha value is -5.28. The van der Waals surface area contributed by atoms with Gasteiger partial charge in [0.25, 0.3) is 17.8 Å². The quantitative estimate of drug-likeness (QED) is 0.0791. The highest BCUT2D eigenvalue weighted by atomic mass is 79.9. The van der Waals surface area contributed by atoms with Gasteiger partial charge in [-0.1, -0.05) is 28.3 Å². The SMILES string of the molecule is C.C.C.CC(=O)Cc1csc(-c2ccc(N3CC4C(C3)C4(F)F)nc2)n1.CC(=O)Nc1csc(Br)n1.Nc1csc(-c2ccc(N3CC4C(C3)C4(F)F)nc2)n1.OB(O)c1ccc(N2CC3C(C2)C3(F)F)nc1. The smallest absolute Gasteiger partial charge is 0.423 e. The van der Waals surface area contributed by atoms with E-state index in [0.29, 0.717) is 68.6 Å². The number of rotatable bonds is 9. The number of nitrogens with zero attached hydrogens (tertiary/aromatic N) is 9. The zero-order valence-corrected chi connectivity index (χ0v) is 41.1. The van der Waals surface area contributed by atoms with Crippen molar-refractivity contribution < 1.29 is 46.0 Å². The first-order valence-electron chi connectivity index (χ1n) is 21.9. The van der Waals surface area contributed by atoms with E-state index in [1.165, 1.54) is 53.2 Å². The van der Waals surface area contributed by atoms with E-state index in [1.807, 2.05) is 39.4 Å². The third-order valence-electron chi connectivity index (χ3n) is 12.9. The van der Waals surface area contributed by atoms with Crippen LogP contribution in [0, 0.1) is 35.5 Å². The van der Waals surface area contributed by atoms with Gasteiger partial charge >= 0.3 is 7.12 Å². The molecule has 5 N–H and O–H groups in total.